The minimum absolute atomic E-state index is 0.177. The topological polar surface area (TPSA) is 43.4 Å². The molecule has 0 aliphatic heterocycles. The predicted octanol–water partition coefficient (Wildman–Crippen LogP) is 4.57. The van der Waals surface area contributed by atoms with Crippen LogP contribution in [0, 0.1) is 11.8 Å². The van der Waals surface area contributed by atoms with Crippen LogP contribution in [0.3, 0.4) is 0 Å². The molecule has 0 saturated carbocycles. The summed E-state index contributed by atoms with van der Waals surface area (Å²) >= 11 is 5.67. The quantitative estimate of drug-likeness (QED) is 0.291. The predicted molar refractivity (Wildman–Crippen MR) is 86.4 cm³/mol. The summed E-state index contributed by atoms with van der Waals surface area (Å²) in [5.41, 5.74) is 0.686. The molecule has 0 heterocycles. The average Bonchev–Trinajstić information content (AvgIpc) is 2.37. The Morgan fingerprint density at radius 1 is 1.24 bits per heavy atom. The SMILES string of the molecule is CCOC(=O)C(C(=O)c1ccc(C(F)(Br)Br)cc1)C(C)C. The lowest BCUT2D eigenvalue weighted by atomic mass is 9.88. The van der Waals surface area contributed by atoms with Crippen LogP contribution in [-0.2, 0) is 13.0 Å². The van der Waals surface area contributed by atoms with E-state index in [4.69, 9.17) is 4.74 Å². The van der Waals surface area contributed by atoms with E-state index in [0.717, 1.165) is 0 Å². The molecule has 0 spiro atoms. The maximum Gasteiger partial charge on any atom is 0.317 e. The molecule has 1 atom stereocenters. The zero-order valence-electron chi connectivity index (χ0n) is 12.0. The molecule has 0 aliphatic carbocycles. The summed E-state index contributed by atoms with van der Waals surface area (Å²) in [6, 6.07) is 5.98. The third kappa shape index (κ3) is 4.88. The first-order valence-electron chi connectivity index (χ1n) is 6.56. The first-order valence-corrected chi connectivity index (χ1v) is 8.15. The van der Waals surface area contributed by atoms with Crippen molar-refractivity contribution < 1.29 is 18.7 Å². The van der Waals surface area contributed by atoms with Gasteiger partial charge in [-0.25, -0.2) is 4.39 Å². The number of ketones is 1. The Hall–Kier alpha value is -0.750. The van der Waals surface area contributed by atoms with E-state index < -0.39 is 15.4 Å². The third-order valence-electron chi connectivity index (χ3n) is 2.99. The molecule has 0 N–H and O–H groups in total. The Morgan fingerprint density at radius 3 is 2.14 bits per heavy atom. The van der Waals surface area contributed by atoms with Crippen LogP contribution >= 0.6 is 31.9 Å². The monoisotopic (exact) mass is 422 g/mol. The van der Waals surface area contributed by atoms with Gasteiger partial charge in [0.15, 0.2) is 5.78 Å². The molecule has 0 amide bonds. The second-order valence-electron chi connectivity index (χ2n) is 4.91. The van der Waals surface area contributed by atoms with Crippen LogP contribution in [0.4, 0.5) is 4.39 Å². The molecule has 1 aromatic carbocycles. The highest BCUT2D eigenvalue weighted by Crippen LogP contribution is 2.39. The number of benzene rings is 1. The van der Waals surface area contributed by atoms with Gasteiger partial charge in [-0.3, -0.25) is 9.59 Å². The molecule has 1 rings (SSSR count). The summed E-state index contributed by atoms with van der Waals surface area (Å²) < 4.78 is 16.8. The van der Waals surface area contributed by atoms with Crippen molar-refractivity contribution in [2.75, 3.05) is 6.61 Å². The third-order valence-corrected chi connectivity index (χ3v) is 3.90. The Labute approximate surface area is 140 Å². The lowest BCUT2D eigenvalue weighted by Gasteiger charge is -2.18. The molecule has 0 aromatic heterocycles. The van der Waals surface area contributed by atoms with Crippen LogP contribution in [0.25, 0.3) is 0 Å². The minimum Gasteiger partial charge on any atom is -0.465 e. The van der Waals surface area contributed by atoms with Gasteiger partial charge in [0, 0.05) is 11.1 Å². The van der Waals surface area contributed by atoms with Crippen LogP contribution in [0.2, 0.25) is 0 Å². The molecule has 21 heavy (non-hydrogen) atoms. The lowest BCUT2D eigenvalue weighted by molar-refractivity contribution is -0.147. The maximum absolute atomic E-state index is 13.6. The lowest BCUT2D eigenvalue weighted by Crippen LogP contribution is -2.30. The summed E-state index contributed by atoms with van der Waals surface area (Å²) in [7, 11) is 0. The van der Waals surface area contributed by atoms with E-state index in [1.807, 2.05) is 0 Å². The number of hydrogen-bond acceptors (Lipinski definition) is 3. The largest absolute Gasteiger partial charge is 0.465 e. The number of rotatable bonds is 6. The second-order valence-corrected chi connectivity index (χ2v) is 8.16. The Kier molecular flexibility index (Phi) is 6.53. The van der Waals surface area contributed by atoms with Crippen molar-refractivity contribution >= 4 is 43.6 Å². The molecule has 0 radical (unpaired) electrons. The molecule has 6 heteroatoms. The molecule has 1 aromatic rings. The highest BCUT2D eigenvalue weighted by Gasteiger charge is 2.32. The van der Waals surface area contributed by atoms with Gasteiger partial charge < -0.3 is 4.74 Å². The Morgan fingerprint density at radius 2 is 1.76 bits per heavy atom. The van der Waals surface area contributed by atoms with Gasteiger partial charge in [-0.15, -0.1) is 0 Å². The molecule has 0 aliphatic rings. The van der Waals surface area contributed by atoms with E-state index in [1.165, 1.54) is 24.3 Å². The van der Waals surface area contributed by atoms with Crippen LogP contribution in [-0.4, -0.2) is 18.4 Å². The number of carbonyl (C=O) groups is 2. The standard InChI is InChI=1S/C15H17Br2FO3/c1-4-21-14(20)12(9(2)3)13(19)10-5-7-11(8-6-10)15(16,17)18/h5-9,12H,4H2,1-3H3. The molecular formula is C15H17Br2FO3. The number of halogens is 3. The Bertz CT molecular complexity index is 507. The summed E-state index contributed by atoms with van der Waals surface area (Å²) in [5, 5.41) is 0. The number of ether oxygens (including phenoxy) is 1. The fraction of sp³-hybridized carbons (Fsp3) is 0.467. The van der Waals surface area contributed by atoms with Gasteiger partial charge in [-0.05, 0) is 44.7 Å². The van der Waals surface area contributed by atoms with E-state index >= 15 is 0 Å². The zero-order chi connectivity index (χ0) is 16.2. The van der Waals surface area contributed by atoms with E-state index in [0.29, 0.717) is 11.1 Å². The number of esters is 1. The average molecular weight is 424 g/mol. The Balaban J connectivity index is 3.02. The van der Waals surface area contributed by atoms with Gasteiger partial charge in [-0.2, -0.15) is 0 Å². The van der Waals surface area contributed by atoms with E-state index in [9.17, 15) is 14.0 Å². The van der Waals surface area contributed by atoms with Crippen LogP contribution in [0.1, 0.15) is 36.7 Å². The van der Waals surface area contributed by atoms with E-state index in [2.05, 4.69) is 31.9 Å². The van der Waals surface area contributed by atoms with Gasteiger partial charge in [0.1, 0.15) is 5.92 Å². The van der Waals surface area contributed by atoms with Gasteiger partial charge in [0.05, 0.1) is 6.61 Å². The number of carbonyl (C=O) groups excluding carboxylic acids is 2. The minimum atomic E-state index is -1.83. The molecule has 0 fully saturated rings. The summed E-state index contributed by atoms with van der Waals surface area (Å²) in [4.78, 5) is 24.4. The van der Waals surface area contributed by atoms with Gasteiger partial charge in [0.2, 0.25) is 3.49 Å². The highest BCUT2D eigenvalue weighted by molar-refractivity contribution is 9.24. The van der Waals surface area contributed by atoms with Crippen LogP contribution in [0.15, 0.2) is 24.3 Å². The fourth-order valence-corrected chi connectivity index (χ4v) is 2.45. The smallest absolute Gasteiger partial charge is 0.317 e. The van der Waals surface area contributed by atoms with E-state index in [1.54, 1.807) is 20.8 Å². The first-order chi connectivity index (χ1) is 9.68. The summed E-state index contributed by atoms with van der Waals surface area (Å²) in [6.45, 7) is 5.50. The molecule has 1 unspecified atom stereocenters. The summed E-state index contributed by atoms with van der Waals surface area (Å²) in [6.07, 6.45) is 0. The molecular weight excluding hydrogens is 407 g/mol. The van der Waals surface area contributed by atoms with Crippen molar-refractivity contribution in [2.45, 2.75) is 24.3 Å². The normalized spacial score (nSPS) is 13.1. The maximum atomic E-state index is 13.6. The first kappa shape index (κ1) is 18.3. The highest BCUT2D eigenvalue weighted by atomic mass is 79.9. The number of hydrogen-bond donors (Lipinski definition) is 0. The van der Waals surface area contributed by atoms with Crippen molar-refractivity contribution in [3.8, 4) is 0 Å². The van der Waals surface area contributed by atoms with Crippen molar-refractivity contribution in [1.29, 1.82) is 0 Å². The van der Waals surface area contributed by atoms with Crippen molar-refractivity contribution in [3.63, 3.8) is 0 Å². The van der Waals surface area contributed by atoms with Crippen LogP contribution < -0.4 is 0 Å². The van der Waals surface area contributed by atoms with Gasteiger partial charge in [-0.1, -0.05) is 38.1 Å². The number of alkyl halides is 3. The number of Topliss-reactive ketones (excluding diaryl/α,β-unsaturated/α-hetero) is 1. The zero-order valence-corrected chi connectivity index (χ0v) is 15.2. The second kappa shape index (κ2) is 7.49. The van der Waals surface area contributed by atoms with Gasteiger partial charge >= 0.3 is 5.97 Å². The molecule has 116 valence electrons. The van der Waals surface area contributed by atoms with Crippen LogP contribution in [0.5, 0.6) is 0 Å². The van der Waals surface area contributed by atoms with Crippen molar-refractivity contribution in [2.24, 2.45) is 11.8 Å². The summed E-state index contributed by atoms with van der Waals surface area (Å²) in [5.74, 6) is -1.87. The van der Waals surface area contributed by atoms with Crippen molar-refractivity contribution in [1.82, 2.24) is 0 Å². The van der Waals surface area contributed by atoms with Crippen molar-refractivity contribution in [3.05, 3.63) is 35.4 Å². The fourth-order valence-electron chi connectivity index (χ4n) is 1.92. The van der Waals surface area contributed by atoms with Gasteiger partial charge in [0.25, 0.3) is 0 Å². The molecule has 0 saturated heterocycles. The van der Waals surface area contributed by atoms with E-state index in [-0.39, 0.29) is 18.3 Å². The molecule has 0 bridgehead atoms. The molecule has 3 nitrogen and oxygen atoms in total.